The number of rotatable bonds is 2. The molecule has 2 N–H and O–H groups in total. The van der Waals surface area contributed by atoms with Gasteiger partial charge in [0.05, 0.1) is 12.6 Å². The number of fused-ring (bicyclic) bond motifs is 1. The lowest BCUT2D eigenvalue weighted by Gasteiger charge is -2.15. The average Bonchev–Trinajstić information content (AvgIpc) is 2.85. The van der Waals surface area contributed by atoms with E-state index in [2.05, 4.69) is 53.2 Å². The van der Waals surface area contributed by atoms with Crippen molar-refractivity contribution in [3.8, 4) is 5.75 Å². The van der Waals surface area contributed by atoms with Crippen molar-refractivity contribution in [1.29, 1.82) is 0 Å². The van der Waals surface area contributed by atoms with Crippen molar-refractivity contribution in [3.05, 3.63) is 63.1 Å². The van der Waals surface area contributed by atoms with Crippen LogP contribution in [0.3, 0.4) is 0 Å². The van der Waals surface area contributed by atoms with Gasteiger partial charge < -0.3 is 10.5 Å². The summed E-state index contributed by atoms with van der Waals surface area (Å²) in [6.45, 7) is 2.86. The third-order valence-electron chi connectivity index (χ3n) is 3.56. The van der Waals surface area contributed by atoms with E-state index in [0.717, 1.165) is 34.4 Å². The van der Waals surface area contributed by atoms with Crippen LogP contribution in [-0.2, 0) is 6.42 Å². The predicted octanol–water partition coefficient (Wildman–Crippen LogP) is 3.74. The molecule has 0 fully saturated rings. The van der Waals surface area contributed by atoms with Gasteiger partial charge in [-0.25, -0.2) is 0 Å². The van der Waals surface area contributed by atoms with E-state index in [0.29, 0.717) is 0 Å². The lowest BCUT2D eigenvalue weighted by atomic mass is 9.96. The van der Waals surface area contributed by atoms with Crippen molar-refractivity contribution in [3.63, 3.8) is 0 Å². The Kier molecular flexibility index (Phi) is 3.33. The first-order chi connectivity index (χ1) is 9.15. The molecule has 0 saturated heterocycles. The van der Waals surface area contributed by atoms with Crippen LogP contribution in [0.4, 0.5) is 0 Å². The Morgan fingerprint density at radius 1 is 1.21 bits per heavy atom. The van der Waals surface area contributed by atoms with E-state index in [-0.39, 0.29) is 6.04 Å². The van der Waals surface area contributed by atoms with E-state index in [9.17, 15) is 0 Å². The Bertz CT molecular complexity index is 624. The first kappa shape index (κ1) is 12.7. The zero-order valence-electron chi connectivity index (χ0n) is 10.8. The second-order valence-corrected chi connectivity index (χ2v) is 5.82. The van der Waals surface area contributed by atoms with E-state index in [1.165, 1.54) is 11.1 Å². The van der Waals surface area contributed by atoms with Gasteiger partial charge in [-0.1, -0.05) is 40.2 Å². The van der Waals surface area contributed by atoms with Gasteiger partial charge in [0.25, 0.3) is 0 Å². The summed E-state index contributed by atoms with van der Waals surface area (Å²) in [5.74, 6) is 0.999. The summed E-state index contributed by atoms with van der Waals surface area (Å²) in [4.78, 5) is 0. The summed E-state index contributed by atoms with van der Waals surface area (Å²) in [6, 6.07) is 12.4. The summed E-state index contributed by atoms with van der Waals surface area (Å²) in [6.07, 6.45) is 0.977. The maximum Gasteiger partial charge on any atom is 0.122 e. The Hall–Kier alpha value is -1.32. The Morgan fingerprint density at radius 2 is 2.05 bits per heavy atom. The molecular formula is C16H16BrNO. The van der Waals surface area contributed by atoms with Gasteiger partial charge in [0, 0.05) is 10.9 Å². The zero-order chi connectivity index (χ0) is 13.4. The van der Waals surface area contributed by atoms with Crippen molar-refractivity contribution in [2.45, 2.75) is 19.4 Å². The standard InChI is InChI=1S/C16H16BrNO/c1-10-2-4-13(14(17)8-10)16(18)12-3-5-15-11(9-12)6-7-19-15/h2-5,8-9,16H,6-7,18H2,1H3. The molecule has 1 aliphatic heterocycles. The largest absolute Gasteiger partial charge is 0.493 e. The van der Waals surface area contributed by atoms with Crippen LogP contribution < -0.4 is 10.5 Å². The van der Waals surface area contributed by atoms with Crippen LogP contribution in [0.1, 0.15) is 28.3 Å². The second kappa shape index (κ2) is 4.99. The Balaban J connectivity index is 1.97. The van der Waals surface area contributed by atoms with Gasteiger partial charge in [0.1, 0.15) is 5.75 Å². The highest BCUT2D eigenvalue weighted by Crippen LogP contribution is 2.32. The van der Waals surface area contributed by atoms with Crippen LogP contribution in [-0.4, -0.2) is 6.61 Å². The molecule has 1 unspecified atom stereocenters. The molecule has 0 radical (unpaired) electrons. The topological polar surface area (TPSA) is 35.2 Å². The van der Waals surface area contributed by atoms with Gasteiger partial charge in [0.2, 0.25) is 0 Å². The lowest BCUT2D eigenvalue weighted by Crippen LogP contribution is -2.12. The highest BCUT2D eigenvalue weighted by Gasteiger charge is 2.17. The fourth-order valence-corrected chi connectivity index (χ4v) is 3.20. The number of nitrogens with two attached hydrogens (primary N) is 1. The molecular weight excluding hydrogens is 302 g/mol. The quantitative estimate of drug-likeness (QED) is 0.915. The molecule has 2 nitrogen and oxygen atoms in total. The van der Waals surface area contributed by atoms with Gasteiger partial charge in [0.15, 0.2) is 0 Å². The second-order valence-electron chi connectivity index (χ2n) is 4.97. The van der Waals surface area contributed by atoms with Gasteiger partial charge in [-0.05, 0) is 41.3 Å². The van der Waals surface area contributed by atoms with Crippen LogP contribution in [0, 0.1) is 6.92 Å². The number of hydrogen-bond donors (Lipinski definition) is 1. The van der Waals surface area contributed by atoms with Crippen molar-refractivity contribution in [2.24, 2.45) is 5.73 Å². The molecule has 2 aromatic rings. The van der Waals surface area contributed by atoms with E-state index in [1.807, 2.05) is 6.07 Å². The zero-order valence-corrected chi connectivity index (χ0v) is 12.4. The monoisotopic (exact) mass is 317 g/mol. The molecule has 1 aliphatic rings. The minimum Gasteiger partial charge on any atom is -0.493 e. The van der Waals surface area contributed by atoms with Gasteiger partial charge >= 0.3 is 0 Å². The van der Waals surface area contributed by atoms with E-state index in [4.69, 9.17) is 10.5 Å². The van der Waals surface area contributed by atoms with Crippen LogP contribution in [0.25, 0.3) is 0 Å². The third-order valence-corrected chi connectivity index (χ3v) is 4.25. The lowest BCUT2D eigenvalue weighted by molar-refractivity contribution is 0.357. The number of ether oxygens (including phenoxy) is 1. The first-order valence-electron chi connectivity index (χ1n) is 6.42. The van der Waals surface area contributed by atoms with Gasteiger partial charge in [-0.15, -0.1) is 0 Å². The number of halogens is 1. The maximum atomic E-state index is 6.39. The summed E-state index contributed by atoms with van der Waals surface area (Å²) in [5.41, 5.74) is 11.1. The van der Waals surface area contributed by atoms with Crippen molar-refractivity contribution in [1.82, 2.24) is 0 Å². The van der Waals surface area contributed by atoms with E-state index < -0.39 is 0 Å². The van der Waals surface area contributed by atoms with Crippen LogP contribution in [0.5, 0.6) is 5.75 Å². The molecule has 19 heavy (non-hydrogen) atoms. The van der Waals surface area contributed by atoms with Gasteiger partial charge in [-0.3, -0.25) is 0 Å². The number of aryl methyl sites for hydroxylation is 1. The Morgan fingerprint density at radius 3 is 2.84 bits per heavy atom. The summed E-state index contributed by atoms with van der Waals surface area (Å²) < 4.78 is 6.59. The normalized spacial score (nSPS) is 14.9. The molecule has 2 aromatic carbocycles. The first-order valence-corrected chi connectivity index (χ1v) is 7.22. The molecule has 0 bridgehead atoms. The molecule has 0 amide bonds. The molecule has 0 spiro atoms. The van der Waals surface area contributed by atoms with Crippen LogP contribution in [0.15, 0.2) is 40.9 Å². The number of benzene rings is 2. The molecule has 1 heterocycles. The number of hydrogen-bond acceptors (Lipinski definition) is 2. The summed E-state index contributed by atoms with van der Waals surface area (Å²) in [7, 11) is 0. The molecule has 3 rings (SSSR count). The fraction of sp³-hybridized carbons (Fsp3) is 0.250. The average molecular weight is 318 g/mol. The SMILES string of the molecule is Cc1ccc(C(N)c2ccc3c(c2)CCO3)c(Br)c1. The van der Waals surface area contributed by atoms with E-state index in [1.54, 1.807) is 0 Å². The highest BCUT2D eigenvalue weighted by molar-refractivity contribution is 9.10. The summed E-state index contributed by atoms with van der Waals surface area (Å²) >= 11 is 3.60. The minimum atomic E-state index is -0.110. The van der Waals surface area contributed by atoms with Gasteiger partial charge in [-0.2, -0.15) is 0 Å². The van der Waals surface area contributed by atoms with E-state index >= 15 is 0 Å². The Labute approximate surface area is 121 Å². The summed E-state index contributed by atoms with van der Waals surface area (Å²) in [5, 5.41) is 0. The molecule has 1 atom stereocenters. The molecule has 0 saturated carbocycles. The van der Waals surface area contributed by atoms with Crippen LogP contribution >= 0.6 is 15.9 Å². The maximum absolute atomic E-state index is 6.39. The van der Waals surface area contributed by atoms with Crippen LogP contribution in [0.2, 0.25) is 0 Å². The van der Waals surface area contributed by atoms with Crippen molar-refractivity contribution < 1.29 is 4.74 Å². The van der Waals surface area contributed by atoms with Crippen molar-refractivity contribution in [2.75, 3.05) is 6.61 Å². The molecule has 98 valence electrons. The van der Waals surface area contributed by atoms with Crippen molar-refractivity contribution >= 4 is 15.9 Å². The highest BCUT2D eigenvalue weighted by atomic mass is 79.9. The minimum absolute atomic E-state index is 0.110. The predicted molar refractivity (Wildman–Crippen MR) is 80.6 cm³/mol. The molecule has 0 aliphatic carbocycles. The molecule has 0 aromatic heterocycles. The fourth-order valence-electron chi connectivity index (χ4n) is 2.46. The third kappa shape index (κ3) is 2.40. The smallest absolute Gasteiger partial charge is 0.122 e. The molecule has 3 heteroatoms.